The number of hydrogen-bond donors (Lipinski definition) is 2. The van der Waals surface area contributed by atoms with Gasteiger partial charge in [0.1, 0.15) is 0 Å². The third kappa shape index (κ3) is 4.24. The van der Waals surface area contributed by atoms with Gasteiger partial charge in [-0.1, -0.05) is 47.5 Å². The van der Waals surface area contributed by atoms with E-state index in [1.807, 2.05) is 18.2 Å². The minimum atomic E-state index is -0.241. The van der Waals surface area contributed by atoms with Crippen LogP contribution in [0.15, 0.2) is 28.7 Å². The molecule has 0 bridgehead atoms. The first-order chi connectivity index (χ1) is 7.65. The van der Waals surface area contributed by atoms with Crippen molar-refractivity contribution in [3.8, 4) is 0 Å². The smallest absolute Gasteiger partial charge is 0.0664 e. The number of rotatable bonds is 6. The SMILES string of the molecule is CCCC(O)CNC(C)c1ccccc1Br. The average molecular weight is 286 g/mol. The third-order valence-electron chi connectivity index (χ3n) is 2.65. The Hall–Kier alpha value is -0.380. The van der Waals surface area contributed by atoms with Gasteiger partial charge in [-0.3, -0.25) is 0 Å². The molecule has 2 nitrogen and oxygen atoms in total. The van der Waals surface area contributed by atoms with Crippen LogP contribution < -0.4 is 5.32 Å². The van der Waals surface area contributed by atoms with E-state index in [0.717, 1.165) is 17.3 Å². The lowest BCUT2D eigenvalue weighted by Gasteiger charge is -2.18. The highest BCUT2D eigenvalue weighted by Crippen LogP contribution is 2.22. The number of aliphatic hydroxyl groups excluding tert-OH is 1. The lowest BCUT2D eigenvalue weighted by atomic mass is 10.1. The van der Waals surface area contributed by atoms with Crippen LogP contribution in [0.5, 0.6) is 0 Å². The summed E-state index contributed by atoms with van der Waals surface area (Å²) in [6, 6.07) is 8.42. The highest BCUT2D eigenvalue weighted by molar-refractivity contribution is 9.10. The van der Waals surface area contributed by atoms with Crippen LogP contribution in [0.4, 0.5) is 0 Å². The van der Waals surface area contributed by atoms with Crippen molar-refractivity contribution < 1.29 is 5.11 Å². The molecule has 1 aromatic carbocycles. The maximum absolute atomic E-state index is 9.64. The van der Waals surface area contributed by atoms with E-state index in [0.29, 0.717) is 6.54 Å². The molecule has 16 heavy (non-hydrogen) atoms. The van der Waals surface area contributed by atoms with Gasteiger partial charge in [-0.2, -0.15) is 0 Å². The first-order valence-corrected chi connectivity index (χ1v) is 6.60. The molecule has 0 aromatic heterocycles. The van der Waals surface area contributed by atoms with E-state index < -0.39 is 0 Å². The molecule has 1 rings (SSSR count). The number of benzene rings is 1. The predicted octanol–water partition coefficient (Wildman–Crippen LogP) is 3.26. The van der Waals surface area contributed by atoms with Crippen LogP contribution in [0.1, 0.15) is 38.3 Å². The molecule has 1 aromatic rings. The number of aliphatic hydroxyl groups is 1. The second-order valence-electron chi connectivity index (χ2n) is 4.09. The van der Waals surface area contributed by atoms with Gasteiger partial charge in [0.15, 0.2) is 0 Å². The van der Waals surface area contributed by atoms with Crippen LogP contribution in [0.25, 0.3) is 0 Å². The van der Waals surface area contributed by atoms with E-state index in [1.54, 1.807) is 0 Å². The van der Waals surface area contributed by atoms with E-state index >= 15 is 0 Å². The van der Waals surface area contributed by atoms with E-state index in [9.17, 15) is 5.11 Å². The molecule has 2 N–H and O–H groups in total. The summed E-state index contributed by atoms with van der Waals surface area (Å²) in [5.74, 6) is 0. The van der Waals surface area contributed by atoms with Crippen molar-refractivity contribution >= 4 is 15.9 Å². The summed E-state index contributed by atoms with van der Waals surface area (Å²) >= 11 is 3.53. The molecule has 3 heteroatoms. The maximum atomic E-state index is 9.64. The van der Waals surface area contributed by atoms with Gasteiger partial charge in [0.25, 0.3) is 0 Å². The van der Waals surface area contributed by atoms with E-state index in [2.05, 4.69) is 41.2 Å². The van der Waals surface area contributed by atoms with Gasteiger partial charge in [0, 0.05) is 17.1 Å². The monoisotopic (exact) mass is 285 g/mol. The molecular weight excluding hydrogens is 266 g/mol. The second-order valence-corrected chi connectivity index (χ2v) is 4.95. The van der Waals surface area contributed by atoms with Crippen LogP contribution in [-0.2, 0) is 0 Å². The quantitative estimate of drug-likeness (QED) is 0.841. The average Bonchev–Trinajstić information content (AvgIpc) is 2.27. The second kappa shape index (κ2) is 7.05. The molecule has 0 radical (unpaired) electrons. The van der Waals surface area contributed by atoms with Crippen molar-refractivity contribution in [2.75, 3.05) is 6.54 Å². The Morgan fingerprint density at radius 1 is 1.38 bits per heavy atom. The van der Waals surface area contributed by atoms with Crippen molar-refractivity contribution in [1.29, 1.82) is 0 Å². The van der Waals surface area contributed by atoms with E-state index in [1.165, 1.54) is 5.56 Å². The molecule has 0 aliphatic rings. The van der Waals surface area contributed by atoms with Gasteiger partial charge in [-0.25, -0.2) is 0 Å². The largest absolute Gasteiger partial charge is 0.392 e. The Kier molecular flexibility index (Phi) is 6.03. The maximum Gasteiger partial charge on any atom is 0.0664 e. The third-order valence-corrected chi connectivity index (χ3v) is 3.38. The van der Waals surface area contributed by atoms with Crippen LogP contribution in [-0.4, -0.2) is 17.8 Å². The predicted molar refractivity (Wildman–Crippen MR) is 71.5 cm³/mol. The summed E-state index contributed by atoms with van der Waals surface area (Å²) in [6.45, 7) is 4.84. The van der Waals surface area contributed by atoms with E-state index in [4.69, 9.17) is 0 Å². The molecule has 0 aliphatic carbocycles. The van der Waals surface area contributed by atoms with Crippen molar-refractivity contribution in [2.24, 2.45) is 0 Å². The molecule has 0 heterocycles. The number of hydrogen-bond acceptors (Lipinski definition) is 2. The zero-order valence-electron chi connectivity index (χ0n) is 9.91. The molecule has 0 saturated heterocycles. The summed E-state index contributed by atoms with van der Waals surface area (Å²) in [5, 5.41) is 13.0. The van der Waals surface area contributed by atoms with Crippen molar-refractivity contribution in [3.63, 3.8) is 0 Å². The molecule has 90 valence electrons. The Bertz CT molecular complexity index is 317. The Morgan fingerprint density at radius 3 is 2.69 bits per heavy atom. The molecule has 0 spiro atoms. The molecule has 0 aliphatic heterocycles. The summed E-state index contributed by atoms with van der Waals surface area (Å²) < 4.78 is 1.11. The first kappa shape index (κ1) is 13.7. The molecule has 2 unspecified atom stereocenters. The summed E-state index contributed by atoms with van der Waals surface area (Å²) in [7, 11) is 0. The first-order valence-electron chi connectivity index (χ1n) is 5.81. The number of halogens is 1. The summed E-state index contributed by atoms with van der Waals surface area (Å²) in [4.78, 5) is 0. The minimum absolute atomic E-state index is 0.241. The van der Waals surface area contributed by atoms with Gasteiger partial charge >= 0.3 is 0 Å². The van der Waals surface area contributed by atoms with Gasteiger partial charge in [0.2, 0.25) is 0 Å². The van der Waals surface area contributed by atoms with Gasteiger partial charge in [-0.15, -0.1) is 0 Å². The Labute approximate surface area is 106 Å². The zero-order valence-corrected chi connectivity index (χ0v) is 11.5. The lowest BCUT2D eigenvalue weighted by molar-refractivity contribution is 0.157. The molecule has 0 amide bonds. The van der Waals surface area contributed by atoms with Crippen LogP contribution in [0, 0.1) is 0 Å². The molecule has 2 atom stereocenters. The fraction of sp³-hybridized carbons (Fsp3) is 0.538. The van der Waals surface area contributed by atoms with Crippen LogP contribution in [0.2, 0.25) is 0 Å². The van der Waals surface area contributed by atoms with E-state index in [-0.39, 0.29) is 12.1 Å². The van der Waals surface area contributed by atoms with Crippen molar-refractivity contribution in [2.45, 2.75) is 38.8 Å². The van der Waals surface area contributed by atoms with Crippen LogP contribution in [0.3, 0.4) is 0 Å². The molecule has 0 fully saturated rings. The Balaban J connectivity index is 2.46. The van der Waals surface area contributed by atoms with Crippen molar-refractivity contribution in [1.82, 2.24) is 5.32 Å². The van der Waals surface area contributed by atoms with Crippen molar-refractivity contribution in [3.05, 3.63) is 34.3 Å². The Morgan fingerprint density at radius 2 is 2.06 bits per heavy atom. The molecule has 0 saturated carbocycles. The lowest BCUT2D eigenvalue weighted by Crippen LogP contribution is -2.29. The number of nitrogens with one attached hydrogen (secondary N) is 1. The normalized spacial score (nSPS) is 14.8. The fourth-order valence-electron chi connectivity index (χ4n) is 1.68. The fourth-order valence-corrected chi connectivity index (χ4v) is 2.31. The minimum Gasteiger partial charge on any atom is -0.392 e. The van der Waals surface area contributed by atoms with Gasteiger partial charge in [0.05, 0.1) is 6.10 Å². The van der Waals surface area contributed by atoms with Gasteiger partial charge < -0.3 is 10.4 Å². The standard InChI is InChI=1S/C13H20BrNO/c1-3-6-11(16)9-15-10(2)12-7-4-5-8-13(12)14/h4-5,7-8,10-11,15-16H,3,6,9H2,1-2H3. The zero-order chi connectivity index (χ0) is 12.0. The summed E-state index contributed by atoms with van der Waals surface area (Å²) in [5.41, 5.74) is 1.23. The van der Waals surface area contributed by atoms with Crippen LogP contribution >= 0.6 is 15.9 Å². The highest BCUT2D eigenvalue weighted by atomic mass is 79.9. The molecular formula is C13H20BrNO. The highest BCUT2D eigenvalue weighted by Gasteiger charge is 2.10. The van der Waals surface area contributed by atoms with Gasteiger partial charge in [-0.05, 0) is 25.0 Å². The topological polar surface area (TPSA) is 32.3 Å². The summed E-state index contributed by atoms with van der Waals surface area (Å²) in [6.07, 6.45) is 1.64.